The maximum absolute atomic E-state index is 15.5. The highest BCUT2D eigenvalue weighted by Gasteiger charge is 2.42. The summed E-state index contributed by atoms with van der Waals surface area (Å²) in [5, 5.41) is 52.6. The molecule has 6 aromatic carbocycles. The van der Waals surface area contributed by atoms with E-state index in [-0.39, 0.29) is 56.4 Å². The number of rotatable bonds is 21. The Bertz CT molecular complexity index is 4790. The molecule has 10 atom stereocenters. The molecule has 7 aromatic rings. The Morgan fingerprint density at radius 1 is 0.471 bits per heavy atom. The lowest BCUT2D eigenvalue weighted by molar-refractivity contribution is -0.151. The van der Waals surface area contributed by atoms with Crippen LogP contribution in [0.25, 0.3) is 10.9 Å². The van der Waals surface area contributed by atoms with E-state index < -0.39 is 193 Å². The van der Waals surface area contributed by atoms with Crippen LogP contribution in [-0.2, 0) is 110 Å². The molecule has 0 bridgehead atoms. The number of carboxylic acid groups (broad SMARTS) is 1. The van der Waals surface area contributed by atoms with Crippen LogP contribution < -0.4 is 48.3 Å². The fraction of sp³-hybridized carbons (Fsp3) is 0.391. The molecule has 644 valence electrons. The van der Waals surface area contributed by atoms with Gasteiger partial charge in [0.2, 0.25) is 82.7 Å². The number of phenolic OH excluding ortho intramolecular Hbond substituents is 2. The Hall–Kier alpha value is -13.1. The number of primary amides is 1. The zero-order valence-electron chi connectivity index (χ0n) is 68.8. The molecule has 121 heavy (non-hydrogen) atoms. The van der Waals surface area contributed by atoms with E-state index in [9.17, 15) is 53.7 Å². The number of nitrogens with two attached hydrogens (primary N) is 1. The van der Waals surface area contributed by atoms with Gasteiger partial charge >= 0.3 is 5.97 Å². The van der Waals surface area contributed by atoms with E-state index in [1.54, 1.807) is 135 Å². The molecule has 1 aliphatic heterocycles. The van der Waals surface area contributed by atoms with Gasteiger partial charge in [-0.3, -0.25) is 71.9 Å². The highest BCUT2D eigenvalue weighted by Crippen LogP contribution is 2.24. The van der Waals surface area contributed by atoms with E-state index in [1.807, 2.05) is 6.92 Å². The lowest BCUT2D eigenvalue weighted by Crippen LogP contribution is -2.61. The second kappa shape index (κ2) is 45.1. The number of hydrogen-bond acceptors (Lipinski definition) is 18. The molecule has 0 radical (unpaired) electrons. The van der Waals surface area contributed by atoms with Gasteiger partial charge in [0, 0.05) is 96.6 Å². The summed E-state index contributed by atoms with van der Waals surface area (Å²) < 4.78 is 0. The van der Waals surface area contributed by atoms with Gasteiger partial charge in [-0.05, 0) is 76.1 Å². The molecular weight excluding hydrogens is 1580 g/mol. The second-order valence-corrected chi connectivity index (χ2v) is 31.4. The quantitative estimate of drug-likeness (QED) is 0.0488. The summed E-state index contributed by atoms with van der Waals surface area (Å²) in [4.78, 5) is 228. The monoisotopic (exact) mass is 1680 g/mol. The predicted octanol–water partition coefficient (Wildman–Crippen LogP) is 1.80. The number of hydrogen-bond donors (Lipinski definition) is 13. The van der Waals surface area contributed by atoms with Gasteiger partial charge in [-0.1, -0.05) is 167 Å². The number of phenols is 2. The summed E-state index contributed by atoms with van der Waals surface area (Å²) in [6.45, 7) is 2.69. The number of benzene rings is 6. The van der Waals surface area contributed by atoms with Gasteiger partial charge in [0.25, 0.3) is 0 Å². The first-order valence-electron chi connectivity index (χ1n) is 39.7. The molecule has 1 aliphatic rings. The Morgan fingerprint density at radius 3 is 1.46 bits per heavy atom. The van der Waals surface area contributed by atoms with Gasteiger partial charge in [0.05, 0.1) is 31.8 Å². The molecule has 0 saturated carbocycles. The number of para-hydroxylation sites is 1. The van der Waals surface area contributed by atoms with Crippen LogP contribution in [0.2, 0.25) is 0 Å². The minimum Gasteiger partial charge on any atom is -0.508 e. The summed E-state index contributed by atoms with van der Waals surface area (Å²) in [7, 11) is 6.55. The van der Waals surface area contributed by atoms with Crippen molar-refractivity contribution in [2.75, 3.05) is 66.4 Å². The molecule has 14 amide bonds. The van der Waals surface area contributed by atoms with E-state index in [2.05, 4.69) is 47.5 Å². The van der Waals surface area contributed by atoms with Gasteiger partial charge in [0.1, 0.15) is 71.9 Å². The number of carboxylic acids is 1. The number of thioether (sulfide) groups is 1. The first kappa shape index (κ1) is 93.4. The summed E-state index contributed by atoms with van der Waals surface area (Å²) in [6.07, 6.45) is 0.227. The van der Waals surface area contributed by atoms with Crippen molar-refractivity contribution >= 4 is 111 Å². The first-order valence-corrected chi connectivity index (χ1v) is 40.8. The van der Waals surface area contributed by atoms with Crippen LogP contribution in [0.4, 0.5) is 0 Å². The van der Waals surface area contributed by atoms with Crippen LogP contribution in [0.5, 0.6) is 11.5 Å². The lowest BCUT2D eigenvalue weighted by Gasteiger charge is -2.37. The third kappa shape index (κ3) is 27.7. The Morgan fingerprint density at radius 2 is 0.917 bits per heavy atom. The molecule has 34 heteroatoms. The van der Waals surface area contributed by atoms with Gasteiger partial charge < -0.3 is 93.1 Å². The standard InChI is InChI=1S/C87H107N15O18S/c1-9-10-30-69-85(118)99(5)49-74(107)92-65(45-76(109)110)81(114)97-77(52(2)3)87(120)101(7)70(42-54-24-16-12-17-25-54)82(115)95-66(41-57-33-37-60(104)38-34-57)83(116)98(4)48-73(106)91-64(44-58-46-89-62-29-21-20-28-61(58)62)80(113)94-63(39-56-31-35-59(103)36-32-56)79(112)96-68(78(111)90-47-72(88)105)50-121-51-75(108)93-67(40-53-22-14-11-15-23-53)84(117)102(8)71(86(119)100(69)6)43-55-26-18-13-19-27-55/h11-29,31-38,46,52,63-71,77,89,103-104H,9-10,30,39-45,47-51H2,1-8H3,(H2,88,105)(H,90,111)(H,91,106)(H,92,107)(H,93,108)(H,94,113)(H,95,115)(H,96,112)(H,97,114)(H,109,110)/t63-,64-,65-,66-,67-,68-,69-,70-,71-,77-/m0/s1. The molecular formula is C87H107N15O18S. The second-order valence-electron chi connectivity index (χ2n) is 30.4. The van der Waals surface area contributed by atoms with E-state index in [0.717, 1.165) is 26.5 Å². The van der Waals surface area contributed by atoms with Crippen LogP contribution in [0, 0.1) is 5.92 Å². The number of unbranched alkanes of at least 4 members (excludes halogenated alkanes) is 1. The number of aromatic nitrogens is 1. The smallest absolute Gasteiger partial charge is 0.305 e. The number of nitrogens with one attached hydrogen (secondary N) is 9. The molecule has 1 fully saturated rings. The first-order chi connectivity index (χ1) is 57.7. The summed E-state index contributed by atoms with van der Waals surface area (Å²) in [6, 6.07) is 28.7. The number of H-pyrrole nitrogens is 1. The molecule has 8 rings (SSSR count). The van der Waals surface area contributed by atoms with Crippen molar-refractivity contribution in [3.05, 3.63) is 203 Å². The summed E-state index contributed by atoms with van der Waals surface area (Å²) >= 11 is 0.819. The number of aliphatic carboxylic acids is 1. The largest absolute Gasteiger partial charge is 0.508 e. The van der Waals surface area contributed by atoms with Crippen LogP contribution in [0.15, 0.2) is 170 Å². The average molecular weight is 1680 g/mol. The van der Waals surface area contributed by atoms with Gasteiger partial charge in [-0.2, -0.15) is 0 Å². The van der Waals surface area contributed by atoms with Crippen molar-refractivity contribution in [2.45, 2.75) is 145 Å². The summed E-state index contributed by atoms with van der Waals surface area (Å²) in [5.41, 5.74) is 9.12. The van der Waals surface area contributed by atoms with E-state index in [4.69, 9.17) is 5.73 Å². The van der Waals surface area contributed by atoms with E-state index in [1.165, 1.54) is 93.6 Å². The topological polar surface area (TPSA) is 471 Å². The van der Waals surface area contributed by atoms with Crippen molar-refractivity contribution in [3.8, 4) is 11.5 Å². The van der Waals surface area contributed by atoms with Crippen molar-refractivity contribution in [1.29, 1.82) is 0 Å². The number of carbonyl (C=O) groups is 15. The molecule has 1 aromatic heterocycles. The van der Waals surface area contributed by atoms with Crippen LogP contribution in [-0.4, -0.2) is 260 Å². The third-order valence-corrected chi connectivity index (χ3v) is 21.8. The lowest BCUT2D eigenvalue weighted by atomic mass is 9.98. The zero-order chi connectivity index (χ0) is 88.1. The average Bonchev–Trinajstić information content (AvgIpc) is 1.71. The van der Waals surface area contributed by atoms with Crippen molar-refractivity contribution in [1.82, 2.24) is 72.0 Å². The van der Waals surface area contributed by atoms with E-state index in [0.29, 0.717) is 57.1 Å². The minimum atomic E-state index is -1.89. The number of fused-ring (bicyclic) bond motifs is 1. The fourth-order valence-electron chi connectivity index (χ4n) is 14.0. The highest BCUT2D eigenvalue weighted by atomic mass is 32.2. The van der Waals surface area contributed by atoms with Crippen LogP contribution in [0.1, 0.15) is 79.8 Å². The molecule has 33 nitrogen and oxygen atoms in total. The maximum atomic E-state index is 15.5. The number of aromatic hydroxyl groups is 2. The normalized spacial score (nSPS) is 21.6. The SMILES string of the molecule is CCCC[C@H]1C(=O)N(C)CC(=O)N[C@@H](CC(=O)O)C(=O)N[C@@H](C(C)C)C(=O)N(C)[C@@H](Cc2ccccc2)C(=O)N[C@@H](Cc2ccc(O)cc2)C(=O)N(C)CC(=O)N[C@@H](Cc2c[nH]c3ccccc23)C(=O)N[C@@H](Cc2ccc(O)cc2)C(=O)N[C@H](C(=O)NCC(N)=O)CSCC(=O)N[C@@H](Cc2ccccc2)C(=O)N(C)[C@@H](Cc2ccccc2)C(=O)N1C. The van der Waals surface area contributed by atoms with Crippen LogP contribution >= 0.6 is 11.8 Å². The minimum absolute atomic E-state index is 0.0398. The predicted molar refractivity (Wildman–Crippen MR) is 451 cm³/mol. The Kier molecular flexibility index (Phi) is 34.8. The number of nitrogens with zero attached hydrogens (tertiary/aromatic N) is 5. The van der Waals surface area contributed by atoms with Crippen molar-refractivity contribution < 1.29 is 87.2 Å². The maximum Gasteiger partial charge on any atom is 0.305 e. The zero-order valence-corrected chi connectivity index (χ0v) is 69.6. The summed E-state index contributed by atoms with van der Waals surface area (Å²) in [5.74, 6) is -16.2. The number of aromatic amines is 1. The number of likely N-dealkylation sites (N-methyl/N-ethyl adjacent to an activating group) is 5. The van der Waals surface area contributed by atoms with E-state index >= 15 is 33.6 Å². The molecule has 0 aliphatic carbocycles. The molecule has 1 saturated heterocycles. The Balaban J connectivity index is 1.21. The fourth-order valence-corrected chi connectivity index (χ4v) is 14.8. The number of carbonyl (C=O) groups excluding carboxylic acids is 14. The van der Waals surface area contributed by atoms with Crippen LogP contribution in [0.3, 0.4) is 0 Å². The third-order valence-electron chi connectivity index (χ3n) is 20.7. The molecule has 14 N–H and O–H groups in total. The molecule has 0 unspecified atom stereocenters. The van der Waals surface area contributed by atoms with Crippen molar-refractivity contribution in [3.63, 3.8) is 0 Å². The highest BCUT2D eigenvalue weighted by molar-refractivity contribution is 8.00. The molecule has 0 spiro atoms. The molecule has 2 heterocycles. The Labute approximate surface area is 705 Å². The van der Waals surface area contributed by atoms with Gasteiger partial charge in [-0.15, -0.1) is 11.8 Å². The van der Waals surface area contributed by atoms with Gasteiger partial charge in [0.15, 0.2) is 0 Å². The number of amides is 14. The van der Waals surface area contributed by atoms with Crippen molar-refractivity contribution in [2.24, 2.45) is 11.7 Å². The van der Waals surface area contributed by atoms with Gasteiger partial charge in [-0.25, -0.2) is 0 Å².